The minimum atomic E-state index is -3.39. The van der Waals surface area contributed by atoms with Crippen LogP contribution in [0.5, 0.6) is 0 Å². The maximum atomic E-state index is 12.0. The lowest BCUT2D eigenvalue weighted by molar-refractivity contribution is -0.113. The van der Waals surface area contributed by atoms with Gasteiger partial charge in [-0.15, -0.1) is 0 Å². The SMILES string of the molecule is CCCCCS(=O)(=O)CC(=O)Nc1ccc(NCc2ccccc2)c(Cl)c1. The van der Waals surface area contributed by atoms with Crippen molar-refractivity contribution in [3.05, 3.63) is 59.1 Å². The van der Waals surface area contributed by atoms with Gasteiger partial charge in [0.15, 0.2) is 9.84 Å². The van der Waals surface area contributed by atoms with Gasteiger partial charge in [0.1, 0.15) is 5.75 Å². The first-order valence-corrected chi connectivity index (χ1v) is 11.2. The Morgan fingerprint density at radius 2 is 1.81 bits per heavy atom. The Labute approximate surface area is 166 Å². The lowest BCUT2D eigenvalue weighted by Crippen LogP contribution is -2.24. The van der Waals surface area contributed by atoms with Gasteiger partial charge in [0.05, 0.1) is 16.5 Å². The summed E-state index contributed by atoms with van der Waals surface area (Å²) in [6, 6.07) is 15.0. The Kier molecular flexibility index (Phi) is 8.13. The molecule has 0 spiro atoms. The van der Waals surface area contributed by atoms with Crippen molar-refractivity contribution in [3.63, 3.8) is 0 Å². The van der Waals surface area contributed by atoms with E-state index < -0.39 is 21.5 Å². The molecule has 2 aromatic rings. The van der Waals surface area contributed by atoms with E-state index in [1.165, 1.54) is 0 Å². The van der Waals surface area contributed by atoms with Crippen LogP contribution in [-0.2, 0) is 21.2 Å². The molecule has 0 aromatic heterocycles. The zero-order valence-corrected chi connectivity index (χ0v) is 16.9. The first kappa shape index (κ1) is 21.3. The van der Waals surface area contributed by atoms with E-state index in [4.69, 9.17) is 11.6 Å². The topological polar surface area (TPSA) is 75.3 Å². The summed E-state index contributed by atoms with van der Waals surface area (Å²) in [6.07, 6.45) is 2.36. The van der Waals surface area contributed by atoms with E-state index >= 15 is 0 Å². The molecule has 2 rings (SSSR count). The zero-order valence-electron chi connectivity index (χ0n) is 15.4. The van der Waals surface area contributed by atoms with Gasteiger partial charge in [-0.1, -0.05) is 61.7 Å². The highest BCUT2D eigenvalue weighted by molar-refractivity contribution is 7.92. The van der Waals surface area contributed by atoms with Gasteiger partial charge in [-0.05, 0) is 30.2 Å². The van der Waals surface area contributed by atoms with Gasteiger partial charge in [0, 0.05) is 12.2 Å². The molecule has 0 saturated carbocycles. The number of carbonyl (C=O) groups excluding carboxylic acids is 1. The standard InChI is InChI=1S/C20H25ClN2O3S/c1-2-3-7-12-27(25,26)15-20(24)23-17-10-11-19(18(21)13-17)22-14-16-8-5-4-6-9-16/h4-6,8-11,13,22H,2-3,7,12,14-15H2,1H3,(H,23,24). The quantitative estimate of drug-likeness (QED) is 0.567. The molecule has 27 heavy (non-hydrogen) atoms. The molecule has 0 bridgehead atoms. The molecule has 0 aliphatic rings. The zero-order chi connectivity index (χ0) is 19.7. The molecule has 0 unspecified atom stereocenters. The third-order valence-corrected chi connectivity index (χ3v) is 5.91. The van der Waals surface area contributed by atoms with E-state index in [0.717, 1.165) is 24.1 Å². The Morgan fingerprint density at radius 3 is 2.48 bits per heavy atom. The summed E-state index contributed by atoms with van der Waals surface area (Å²) in [4.78, 5) is 12.0. The van der Waals surface area contributed by atoms with Gasteiger partial charge in [-0.25, -0.2) is 8.42 Å². The number of hydrogen-bond acceptors (Lipinski definition) is 4. The van der Waals surface area contributed by atoms with Crippen molar-refractivity contribution in [3.8, 4) is 0 Å². The molecule has 7 heteroatoms. The maximum Gasteiger partial charge on any atom is 0.239 e. The highest BCUT2D eigenvalue weighted by atomic mass is 35.5. The second-order valence-electron chi connectivity index (χ2n) is 6.38. The van der Waals surface area contributed by atoms with Crippen LogP contribution in [0.2, 0.25) is 5.02 Å². The second kappa shape index (κ2) is 10.3. The average molecular weight is 409 g/mol. The van der Waals surface area contributed by atoms with Gasteiger partial charge < -0.3 is 10.6 Å². The number of nitrogens with one attached hydrogen (secondary N) is 2. The van der Waals surface area contributed by atoms with Crippen molar-refractivity contribution in [1.29, 1.82) is 0 Å². The van der Waals surface area contributed by atoms with Crippen molar-refractivity contribution in [2.75, 3.05) is 22.1 Å². The smallest absolute Gasteiger partial charge is 0.239 e. The Balaban J connectivity index is 1.90. The molecule has 5 nitrogen and oxygen atoms in total. The van der Waals surface area contributed by atoms with Gasteiger partial charge in [0.25, 0.3) is 0 Å². The molecule has 0 heterocycles. The Morgan fingerprint density at radius 1 is 1.07 bits per heavy atom. The molecular formula is C20H25ClN2O3S. The lowest BCUT2D eigenvalue weighted by atomic mass is 10.2. The highest BCUT2D eigenvalue weighted by Gasteiger charge is 2.16. The van der Waals surface area contributed by atoms with Crippen LogP contribution in [0.4, 0.5) is 11.4 Å². The van der Waals surface area contributed by atoms with Gasteiger partial charge in [-0.2, -0.15) is 0 Å². The summed E-state index contributed by atoms with van der Waals surface area (Å²) in [5.41, 5.74) is 2.34. The second-order valence-corrected chi connectivity index (χ2v) is 8.97. The van der Waals surface area contributed by atoms with Crippen LogP contribution in [0.1, 0.15) is 31.7 Å². The number of rotatable bonds is 10. The molecule has 2 N–H and O–H groups in total. The maximum absolute atomic E-state index is 12.0. The number of amides is 1. The van der Waals surface area contributed by atoms with E-state index in [1.54, 1.807) is 18.2 Å². The van der Waals surface area contributed by atoms with Crippen LogP contribution in [0.25, 0.3) is 0 Å². The van der Waals surface area contributed by atoms with Crippen molar-refractivity contribution in [2.45, 2.75) is 32.7 Å². The van der Waals surface area contributed by atoms with Gasteiger partial charge in [-0.3, -0.25) is 4.79 Å². The van der Waals surface area contributed by atoms with E-state index in [-0.39, 0.29) is 5.75 Å². The summed E-state index contributed by atoms with van der Waals surface area (Å²) >= 11 is 6.26. The molecule has 0 saturated heterocycles. The summed E-state index contributed by atoms with van der Waals surface area (Å²) < 4.78 is 23.9. The molecule has 0 atom stereocenters. The van der Waals surface area contributed by atoms with E-state index in [9.17, 15) is 13.2 Å². The summed E-state index contributed by atoms with van der Waals surface area (Å²) in [5, 5.41) is 6.29. The lowest BCUT2D eigenvalue weighted by Gasteiger charge is -2.11. The summed E-state index contributed by atoms with van der Waals surface area (Å²) in [7, 11) is -3.39. The molecule has 146 valence electrons. The molecule has 1 amide bonds. The van der Waals surface area contributed by atoms with Crippen LogP contribution in [0.15, 0.2) is 48.5 Å². The van der Waals surface area contributed by atoms with Crippen LogP contribution >= 0.6 is 11.6 Å². The molecule has 0 aliphatic heterocycles. The highest BCUT2D eigenvalue weighted by Crippen LogP contribution is 2.26. The summed E-state index contributed by atoms with van der Waals surface area (Å²) in [6.45, 7) is 2.63. The van der Waals surface area contributed by atoms with Crippen LogP contribution in [-0.4, -0.2) is 25.8 Å². The van der Waals surface area contributed by atoms with Crippen LogP contribution in [0, 0.1) is 0 Å². The number of carbonyl (C=O) groups is 1. The predicted octanol–water partition coefficient (Wildman–Crippen LogP) is 4.50. The first-order chi connectivity index (χ1) is 12.9. The van der Waals surface area contributed by atoms with Crippen molar-refractivity contribution in [1.82, 2.24) is 0 Å². The fourth-order valence-corrected chi connectivity index (χ4v) is 4.08. The van der Waals surface area contributed by atoms with E-state index in [1.807, 2.05) is 37.3 Å². The normalized spacial score (nSPS) is 11.2. The number of unbranched alkanes of at least 4 members (excludes halogenated alkanes) is 2. The van der Waals surface area contributed by atoms with Crippen molar-refractivity contribution >= 4 is 38.7 Å². The molecule has 0 radical (unpaired) electrons. The monoisotopic (exact) mass is 408 g/mol. The van der Waals surface area contributed by atoms with Gasteiger partial charge >= 0.3 is 0 Å². The minimum absolute atomic E-state index is 0.0390. The molecular weight excluding hydrogens is 384 g/mol. The Bertz CT molecular complexity index is 855. The fourth-order valence-electron chi connectivity index (χ4n) is 2.57. The van der Waals surface area contributed by atoms with E-state index in [2.05, 4.69) is 10.6 Å². The number of sulfone groups is 1. The Hall–Kier alpha value is -2.05. The molecule has 0 fully saturated rings. The first-order valence-electron chi connectivity index (χ1n) is 8.97. The number of benzene rings is 2. The number of anilines is 2. The average Bonchev–Trinajstić information content (AvgIpc) is 2.61. The van der Waals surface area contributed by atoms with Crippen LogP contribution < -0.4 is 10.6 Å². The van der Waals surface area contributed by atoms with Crippen molar-refractivity contribution < 1.29 is 13.2 Å². The number of halogens is 1. The van der Waals surface area contributed by atoms with Crippen molar-refractivity contribution in [2.24, 2.45) is 0 Å². The van der Waals surface area contributed by atoms with Gasteiger partial charge in [0.2, 0.25) is 5.91 Å². The third-order valence-electron chi connectivity index (χ3n) is 3.99. The molecule has 2 aromatic carbocycles. The fraction of sp³-hybridized carbons (Fsp3) is 0.350. The predicted molar refractivity (Wildman–Crippen MR) is 112 cm³/mol. The largest absolute Gasteiger partial charge is 0.380 e. The number of hydrogen-bond donors (Lipinski definition) is 2. The minimum Gasteiger partial charge on any atom is -0.380 e. The molecule has 0 aliphatic carbocycles. The third kappa shape index (κ3) is 7.61. The summed E-state index contributed by atoms with van der Waals surface area (Å²) in [5.74, 6) is -1.02. The van der Waals surface area contributed by atoms with Crippen LogP contribution in [0.3, 0.4) is 0 Å². The van der Waals surface area contributed by atoms with E-state index in [0.29, 0.717) is 23.7 Å².